The van der Waals surface area contributed by atoms with Crippen molar-refractivity contribution in [2.24, 2.45) is 5.92 Å². The van der Waals surface area contributed by atoms with Gasteiger partial charge in [0.15, 0.2) is 0 Å². The number of hydrogen-bond donors (Lipinski definition) is 5. The van der Waals surface area contributed by atoms with Crippen LogP contribution in [0.5, 0.6) is 0 Å². The highest BCUT2D eigenvalue weighted by Gasteiger charge is 2.64. The van der Waals surface area contributed by atoms with Crippen molar-refractivity contribution in [1.29, 1.82) is 0 Å². The highest BCUT2D eigenvalue weighted by Crippen LogP contribution is 2.47. The van der Waals surface area contributed by atoms with Crippen molar-refractivity contribution in [3.8, 4) is 0 Å². The molecular formula is C24H35FN4O9S. The van der Waals surface area contributed by atoms with E-state index in [0.29, 0.717) is 12.8 Å². The summed E-state index contributed by atoms with van der Waals surface area (Å²) in [4.78, 5) is 52.8. The van der Waals surface area contributed by atoms with Crippen LogP contribution in [-0.4, -0.2) is 101 Å². The van der Waals surface area contributed by atoms with E-state index in [2.05, 4.69) is 10.6 Å². The highest BCUT2D eigenvalue weighted by molar-refractivity contribution is 7.91. The number of halogens is 1. The predicted octanol–water partition coefficient (Wildman–Crippen LogP) is -0.449. The van der Waals surface area contributed by atoms with Crippen molar-refractivity contribution in [2.75, 3.05) is 13.2 Å². The van der Waals surface area contributed by atoms with Crippen LogP contribution in [0.3, 0.4) is 0 Å². The SMILES string of the molecule is C[C@@H]1CCC=C[C@@H]2C[C@@]2(C(=O)NS(=O)(=O)C2(CF)CC2)NC(=O)[C@@H]2C[C@@H](O)CN2C(=O)[C@@H](NC(=O)O)[C@H](C)O1. The molecule has 5 N–H and O–H groups in total. The Morgan fingerprint density at radius 2 is 1.97 bits per heavy atom. The van der Waals surface area contributed by atoms with Crippen molar-refractivity contribution in [2.45, 2.75) is 93.1 Å². The molecule has 3 fully saturated rings. The standard InChI is InChI=1S/C24H35FN4O9S/c1-13-5-3-4-6-15-10-24(15,21(33)28-39(36,37)23(12-25)7-8-23)27-19(31)17-9-16(30)11-29(17)20(32)18(14(2)38-13)26-22(34)35/h4,6,13-18,26,30H,3,5,7-12H2,1-2H3,(H,27,31)(H,28,33)(H,34,35)/t13-,14+,15-,16-,17+,18+,24-/m1/s1. The zero-order chi connectivity index (χ0) is 28.8. The predicted molar refractivity (Wildman–Crippen MR) is 133 cm³/mol. The number of aliphatic hydroxyl groups is 1. The summed E-state index contributed by atoms with van der Waals surface area (Å²) in [5, 5.41) is 24.4. The first-order chi connectivity index (χ1) is 18.2. The van der Waals surface area contributed by atoms with Gasteiger partial charge in [-0.1, -0.05) is 12.2 Å². The summed E-state index contributed by atoms with van der Waals surface area (Å²) >= 11 is 0. The third kappa shape index (κ3) is 5.75. The van der Waals surface area contributed by atoms with E-state index in [4.69, 9.17) is 4.74 Å². The van der Waals surface area contributed by atoms with Crippen molar-refractivity contribution in [3.63, 3.8) is 0 Å². The smallest absolute Gasteiger partial charge is 0.405 e. The molecule has 4 rings (SSSR count). The first-order valence-electron chi connectivity index (χ1n) is 13.0. The molecule has 0 spiro atoms. The van der Waals surface area contributed by atoms with Gasteiger partial charge in [0.05, 0.1) is 18.3 Å². The van der Waals surface area contributed by atoms with Gasteiger partial charge >= 0.3 is 6.09 Å². The molecule has 15 heteroatoms. The number of alkyl halides is 1. The zero-order valence-electron chi connectivity index (χ0n) is 21.8. The largest absolute Gasteiger partial charge is 0.465 e. The second-order valence-corrected chi connectivity index (χ2v) is 13.1. The Morgan fingerprint density at radius 1 is 1.28 bits per heavy atom. The molecule has 4 aliphatic rings. The molecule has 0 aromatic rings. The number of rotatable bonds is 5. The molecule has 0 aromatic heterocycles. The van der Waals surface area contributed by atoms with E-state index in [0.717, 1.165) is 4.90 Å². The van der Waals surface area contributed by atoms with Gasteiger partial charge in [-0.3, -0.25) is 19.1 Å². The Bertz CT molecular complexity index is 1160. The number of carbonyl (C=O) groups excluding carboxylic acids is 3. The van der Waals surface area contributed by atoms with Crippen LogP contribution in [0.1, 0.15) is 52.4 Å². The molecular weight excluding hydrogens is 539 g/mol. The Hall–Kier alpha value is -2.78. The third-order valence-electron chi connectivity index (χ3n) is 8.05. The lowest BCUT2D eigenvalue weighted by molar-refractivity contribution is -0.144. The second-order valence-electron chi connectivity index (χ2n) is 11.0. The normalized spacial score (nSPS) is 36.5. The average molecular weight is 575 g/mol. The first-order valence-corrected chi connectivity index (χ1v) is 14.5. The summed E-state index contributed by atoms with van der Waals surface area (Å²) in [5.41, 5.74) is -1.65. The molecule has 1 saturated heterocycles. The third-order valence-corrected chi connectivity index (χ3v) is 10.2. The van der Waals surface area contributed by atoms with Gasteiger partial charge in [-0.2, -0.15) is 0 Å². The van der Waals surface area contributed by atoms with Gasteiger partial charge in [0.25, 0.3) is 5.91 Å². The molecule has 0 aromatic carbocycles. The molecule has 0 bridgehead atoms. The fourth-order valence-electron chi connectivity index (χ4n) is 5.32. The Morgan fingerprint density at radius 3 is 2.59 bits per heavy atom. The zero-order valence-corrected chi connectivity index (χ0v) is 22.6. The van der Waals surface area contributed by atoms with Crippen molar-refractivity contribution < 1.29 is 46.9 Å². The number of amides is 4. The fourth-order valence-corrected chi connectivity index (χ4v) is 6.75. The summed E-state index contributed by atoms with van der Waals surface area (Å²) in [7, 11) is -4.34. The quantitative estimate of drug-likeness (QED) is 0.271. The molecule has 2 aliphatic heterocycles. The molecule has 0 radical (unpaired) electrons. The number of hydrogen-bond acceptors (Lipinski definition) is 8. The number of nitrogens with zero attached hydrogens (tertiary/aromatic N) is 1. The summed E-state index contributed by atoms with van der Waals surface area (Å²) in [6, 6.07) is -2.63. The molecule has 218 valence electrons. The van der Waals surface area contributed by atoms with Crippen LogP contribution in [0.2, 0.25) is 0 Å². The van der Waals surface area contributed by atoms with E-state index in [-0.39, 0.29) is 38.3 Å². The number of allylic oxidation sites excluding steroid dienone is 1. The topological polar surface area (TPSA) is 191 Å². The van der Waals surface area contributed by atoms with Crippen molar-refractivity contribution in [1.82, 2.24) is 20.3 Å². The summed E-state index contributed by atoms with van der Waals surface area (Å²) in [6.07, 6.45) is 0.667. The number of nitrogens with one attached hydrogen (secondary N) is 3. The van der Waals surface area contributed by atoms with Crippen molar-refractivity contribution >= 4 is 33.8 Å². The molecule has 2 aliphatic carbocycles. The molecule has 0 unspecified atom stereocenters. The van der Waals surface area contributed by atoms with Gasteiger partial charge in [-0.25, -0.2) is 17.6 Å². The fraction of sp³-hybridized carbons (Fsp3) is 0.750. The molecule has 13 nitrogen and oxygen atoms in total. The van der Waals surface area contributed by atoms with E-state index >= 15 is 0 Å². The monoisotopic (exact) mass is 574 g/mol. The van der Waals surface area contributed by atoms with Gasteiger partial charge in [-0.05, 0) is 46.0 Å². The maximum absolute atomic E-state index is 13.5. The van der Waals surface area contributed by atoms with Crippen LogP contribution in [0.25, 0.3) is 0 Å². The highest BCUT2D eigenvalue weighted by atomic mass is 32.2. The molecule has 4 amide bonds. The number of ether oxygens (including phenoxy) is 1. The minimum atomic E-state index is -4.34. The van der Waals surface area contributed by atoms with E-state index in [9.17, 15) is 42.2 Å². The lowest BCUT2D eigenvalue weighted by Crippen LogP contribution is -2.60. The summed E-state index contributed by atoms with van der Waals surface area (Å²) < 4.78 is 45.1. The number of carboxylic acid groups (broad SMARTS) is 1. The van der Waals surface area contributed by atoms with Crippen LogP contribution in [0, 0.1) is 5.92 Å². The van der Waals surface area contributed by atoms with Gasteiger partial charge in [0.1, 0.15) is 29.0 Å². The Balaban J connectivity index is 1.64. The van der Waals surface area contributed by atoms with Gasteiger partial charge in [0, 0.05) is 18.9 Å². The number of fused-ring (bicyclic) bond motifs is 2. The minimum absolute atomic E-state index is 0.0781. The lowest BCUT2D eigenvalue weighted by atomic mass is 10.1. The van der Waals surface area contributed by atoms with Crippen LogP contribution in [-0.2, 0) is 29.1 Å². The lowest BCUT2D eigenvalue weighted by Gasteiger charge is -2.32. The average Bonchev–Trinajstić information content (AvgIpc) is 3.75. The van der Waals surface area contributed by atoms with E-state index in [1.807, 2.05) is 4.72 Å². The molecule has 39 heavy (non-hydrogen) atoms. The Kier molecular flexibility index (Phi) is 7.98. The Labute approximate surface area is 225 Å². The van der Waals surface area contributed by atoms with Crippen LogP contribution >= 0.6 is 0 Å². The van der Waals surface area contributed by atoms with E-state index in [1.54, 1.807) is 19.1 Å². The van der Waals surface area contributed by atoms with E-state index in [1.165, 1.54) is 6.92 Å². The minimum Gasteiger partial charge on any atom is -0.465 e. The maximum atomic E-state index is 13.5. The van der Waals surface area contributed by atoms with Gasteiger partial charge in [-0.15, -0.1) is 0 Å². The van der Waals surface area contributed by atoms with Crippen molar-refractivity contribution in [3.05, 3.63) is 12.2 Å². The second kappa shape index (κ2) is 10.7. The molecule has 2 heterocycles. The summed E-state index contributed by atoms with van der Waals surface area (Å²) in [5.74, 6) is -3.15. The van der Waals surface area contributed by atoms with Crippen LogP contribution in [0.4, 0.5) is 9.18 Å². The molecule has 2 saturated carbocycles. The number of carbonyl (C=O) groups is 4. The maximum Gasteiger partial charge on any atom is 0.405 e. The van der Waals surface area contributed by atoms with Gasteiger partial charge < -0.3 is 30.5 Å². The number of sulfonamides is 1. The van der Waals surface area contributed by atoms with E-state index < -0.39 is 81.0 Å². The summed E-state index contributed by atoms with van der Waals surface area (Å²) in [6.45, 7) is 1.90. The van der Waals surface area contributed by atoms with Crippen LogP contribution in [0.15, 0.2) is 12.2 Å². The van der Waals surface area contributed by atoms with Crippen LogP contribution < -0.4 is 15.4 Å². The van der Waals surface area contributed by atoms with Gasteiger partial charge in [0.2, 0.25) is 21.8 Å². The number of aliphatic hydroxyl groups excluding tert-OH is 1. The first kappa shape index (κ1) is 29.2. The molecule has 7 atom stereocenters.